The molecule has 1 rings (SSSR count). The van der Waals surface area contributed by atoms with Crippen LogP contribution < -0.4 is 5.32 Å². The SMILES string of the molecule is CCCNC1(C(=O)OCC)CCC(N(C)CCC(C)C)C1. The summed E-state index contributed by atoms with van der Waals surface area (Å²) < 4.78 is 5.33. The summed E-state index contributed by atoms with van der Waals surface area (Å²) >= 11 is 0. The van der Waals surface area contributed by atoms with Gasteiger partial charge in [0.25, 0.3) is 0 Å². The molecule has 0 aromatic heterocycles. The fourth-order valence-electron chi connectivity index (χ4n) is 3.09. The van der Waals surface area contributed by atoms with Crippen LogP contribution in [-0.2, 0) is 9.53 Å². The second-order valence-electron chi connectivity index (χ2n) is 6.79. The van der Waals surface area contributed by atoms with Crippen molar-refractivity contribution in [2.75, 3.05) is 26.7 Å². The minimum Gasteiger partial charge on any atom is -0.465 e. The third-order valence-electron chi connectivity index (χ3n) is 4.55. The summed E-state index contributed by atoms with van der Waals surface area (Å²) in [4.78, 5) is 14.8. The topological polar surface area (TPSA) is 41.6 Å². The van der Waals surface area contributed by atoms with Crippen LogP contribution in [0.5, 0.6) is 0 Å². The van der Waals surface area contributed by atoms with Crippen LogP contribution in [0.3, 0.4) is 0 Å². The standard InChI is InChI=1S/C17H34N2O2/c1-6-11-18-17(16(20)21-7-2)10-8-15(13-17)19(5)12-9-14(3)4/h14-15,18H,6-13H2,1-5H3. The number of rotatable bonds is 9. The third-order valence-corrected chi connectivity index (χ3v) is 4.55. The Bertz CT molecular complexity index is 320. The molecule has 0 aromatic rings. The first-order valence-electron chi connectivity index (χ1n) is 8.57. The first kappa shape index (κ1) is 18.4. The van der Waals surface area contributed by atoms with E-state index in [1.54, 1.807) is 0 Å². The molecule has 1 N–H and O–H groups in total. The maximum absolute atomic E-state index is 12.4. The van der Waals surface area contributed by atoms with E-state index < -0.39 is 5.54 Å². The predicted molar refractivity (Wildman–Crippen MR) is 87.4 cm³/mol. The molecule has 4 heteroatoms. The predicted octanol–water partition coefficient (Wildman–Crippen LogP) is 2.82. The molecule has 1 saturated carbocycles. The Morgan fingerprint density at radius 3 is 2.71 bits per heavy atom. The number of carbonyl (C=O) groups excluding carboxylic acids is 1. The minimum atomic E-state index is -0.456. The lowest BCUT2D eigenvalue weighted by atomic mass is 9.96. The highest BCUT2D eigenvalue weighted by molar-refractivity contribution is 5.81. The van der Waals surface area contributed by atoms with Gasteiger partial charge in [-0.15, -0.1) is 0 Å². The molecule has 0 amide bonds. The van der Waals surface area contributed by atoms with Gasteiger partial charge in [-0.2, -0.15) is 0 Å². The molecule has 2 atom stereocenters. The molecular weight excluding hydrogens is 264 g/mol. The Balaban J connectivity index is 2.64. The zero-order valence-electron chi connectivity index (χ0n) is 14.6. The molecule has 1 fully saturated rings. The van der Waals surface area contributed by atoms with Crippen molar-refractivity contribution in [2.24, 2.45) is 5.92 Å². The van der Waals surface area contributed by atoms with Gasteiger partial charge >= 0.3 is 5.97 Å². The highest BCUT2D eigenvalue weighted by Gasteiger charge is 2.46. The minimum absolute atomic E-state index is 0.0572. The fraction of sp³-hybridized carbons (Fsp3) is 0.941. The number of ether oxygens (including phenoxy) is 1. The van der Waals surface area contributed by atoms with E-state index in [0.29, 0.717) is 12.6 Å². The Kier molecular flexibility index (Phi) is 7.67. The molecular formula is C17H34N2O2. The van der Waals surface area contributed by atoms with E-state index in [-0.39, 0.29) is 5.97 Å². The third kappa shape index (κ3) is 5.26. The molecule has 21 heavy (non-hydrogen) atoms. The number of esters is 1. The van der Waals surface area contributed by atoms with E-state index in [1.165, 1.54) is 6.42 Å². The average molecular weight is 298 g/mol. The first-order chi connectivity index (χ1) is 9.95. The quantitative estimate of drug-likeness (QED) is 0.665. The summed E-state index contributed by atoms with van der Waals surface area (Å²) in [5, 5.41) is 3.48. The Morgan fingerprint density at radius 1 is 1.43 bits per heavy atom. The molecule has 2 unspecified atom stereocenters. The maximum Gasteiger partial charge on any atom is 0.326 e. The van der Waals surface area contributed by atoms with Gasteiger partial charge in [0, 0.05) is 6.04 Å². The van der Waals surface area contributed by atoms with Crippen LogP contribution in [0, 0.1) is 5.92 Å². The van der Waals surface area contributed by atoms with Crippen LogP contribution in [-0.4, -0.2) is 49.2 Å². The van der Waals surface area contributed by atoms with Crippen molar-refractivity contribution < 1.29 is 9.53 Å². The molecule has 124 valence electrons. The van der Waals surface area contributed by atoms with Crippen LogP contribution in [0.15, 0.2) is 0 Å². The van der Waals surface area contributed by atoms with Crippen molar-refractivity contribution in [3.63, 3.8) is 0 Å². The van der Waals surface area contributed by atoms with Crippen molar-refractivity contribution >= 4 is 5.97 Å². The van der Waals surface area contributed by atoms with Crippen molar-refractivity contribution in [1.82, 2.24) is 10.2 Å². The van der Waals surface area contributed by atoms with Gasteiger partial charge in [0.05, 0.1) is 6.61 Å². The lowest BCUT2D eigenvalue weighted by molar-refractivity contribution is -0.151. The Labute approximate surface area is 130 Å². The van der Waals surface area contributed by atoms with Gasteiger partial charge in [0.15, 0.2) is 0 Å². The smallest absolute Gasteiger partial charge is 0.326 e. The highest BCUT2D eigenvalue weighted by Crippen LogP contribution is 2.34. The van der Waals surface area contributed by atoms with Crippen molar-refractivity contribution in [2.45, 2.75) is 71.4 Å². The van der Waals surface area contributed by atoms with Gasteiger partial charge in [0.1, 0.15) is 5.54 Å². The van der Waals surface area contributed by atoms with E-state index in [1.807, 2.05) is 6.92 Å². The van der Waals surface area contributed by atoms with Gasteiger partial charge in [-0.1, -0.05) is 20.8 Å². The lowest BCUT2D eigenvalue weighted by Gasteiger charge is -2.30. The second kappa shape index (κ2) is 8.74. The summed E-state index contributed by atoms with van der Waals surface area (Å²) in [6.07, 6.45) is 5.09. The largest absolute Gasteiger partial charge is 0.465 e. The number of hydrogen-bond acceptors (Lipinski definition) is 4. The van der Waals surface area contributed by atoms with Gasteiger partial charge in [0.2, 0.25) is 0 Å². The molecule has 0 heterocycles. The number of nitrogens with zero attached hydrogens (tertiary/aromatic N) is 1. The van der Waals surface area contributed by atoms with Crippen LogP contribution in [0.25, 0.3) is 0 Å². The highest BCUT2D eigenvalue weighted by atomic mass is 16.5. The van der Waals surface area contributed by atoms with Crippen molar-refractivity contribution in [3.05, 3.63) is 0 Å². The van der Waals surface area contributed by atoms with Crippen molar-refractivity contribution in [3.8, 4) is 0 Å². The van der Waals surface area contributed by atoms with Gasteiger partial charge in [-0.05, 0) is 65.1 Å². The molecule has 0 saturated heterocycles. The fourth-order valence-corrected chi connectivity index (χ4v) is 3.09. The van der Waals surface area contributed by atoms with Crippen LogP contribution in [0.2, 0.25) is 0 Å². The van der Waals surface area contributed by atoms with E-state index in [4.69, 9.17) is 4.74 Å². The lowest BCUT2D eigenvalue weighted by Crippen LogP contribution is -2.52. The molecule has 0 bridgehead atoms. The molecule has 4 nitrogen and oxygen atoms in total. The number of carbonyl (C=O) groups is 1. The van der Waals surface area contributed by atoms with Crippen molar-refractivity contribution in [1.29, 1.82) is 0 Å². The molecule has 1 aliphatic rings. The number of nitrogens with one attached hydrogen (secondary N) is 1. The zero-order chi connectivity index (χ0) is 15.9. The van der Waals surface area contributed by atoms with Gasteiger partial charge < -0.3 is 15.0 Å². The number of hydrogen-bond donors (Lipinski definition) is 1. The second-order valence-corrected chi connectivity index (χ2v) is 6.79. The maximum atomic E-state index is 12.4. The van der Waals surface area contributed by atoms with Crippen LogP contribution >= 0.6 is 0 Å². The van der Waals surface area contributed by atoms with E-state index in [0.717, 1.165) is 44.7 Å². The molecule has 0 aliphatic heterocycles. The van der Waals surface area contributed by atoms with Crippen LogP contribution in [0.4, 0.5) is 0 Å². The van der Waals surface area contributed by atoms with E-state index in [9.17, 15) is 4.79 Å². The summed E-state index contributed by atoms with van der Waals surface area (Å²) in [5.41, 5.74) is -0.456. The Morgan fingerprint density at radius 2 is 2.14 bits per heavy atom. The molecule has 0 spiro atoms. The average Bonchev–Trinajstić information content (AvgIpc) is 2.88. The monoisotopic (exact) mass is 298 g/mol. The van der Waals surface area contributed by atoms with Crippen LogP contribution in [0.1, 0.15) is 59.8 Å². The molecule has 0 radical (unpaired) electrons. The molecule has 1 aliphatic carbocycles. The summed E-state index contributed by atoms with van der Waals surface area (Å²) in [6, 6.07) is 0.484. The van der Waals surface area contributed by atoms with Gasteiger partial charge in [-0.25, -0.2) is 0 Å². The van der Waals surface area contributed by atoms with E-state index >= 15 is 0 Å². The first-order valence-corrected chi connectivity index (χ1v) is 8.57. The normalized spacial score (nSPS) is 25.8. The van der Waals surface area contributed by atoms with Gasteiger partial charge in [-0.3, -0.25) is 4.79 Å². The Hall–Kier alpha value is -0.610. The summed E-state index contributed by atoms with van der Waals surface area (Å²) in [5.74, 6) is 0.667. The van der Waals surface area contributed by atoms with E-state index in [2.05, 4.69) is 38.0 Å². The zero-order valence-corrected chi connectivity index (χ0v) is 14.6. The molecule has 0 aromatic carbocycles. The summed E-state index contributed by atoms with van der Waals surface area (Å²) in [7, 11) is 2.19. The summed E-state index contributed by atoms with van der Waals surface area (Å²) in [6.45, 7) is 11.0.